The summed E-state index contributed by atoms with van der Waals surface area (Å²) in [5.74, 6) is -0.395. The Bertz CT molecular complexity index is 798. The molecule has 1 saturated heterocycles. The largest absolute Gasteiger partial charge is 0.409 e. The van der Waals surface area contributed by atoms with Gasteiger partial charge < -0.3 is 0 Å². The number of amides is 1. The summed E-state index contributed by atoms with van der Waals surface area (Å²) in [5, 5.41) is 2.32. The van der Waals surface area contributed by atoms with Gasteiger partial charge in [0.25, 0.3) is 0 Å². The van der Waals surface area contributed by atoms with Crippen molar-refractivity contribution in [3.8, 4) is 0 Å². The van der Waals surface area contributed by atoms with Crippen LogP contribution < -0.4 is 5.43 Å². The van der Waals surface area contributed by atoms with Crippen LogP contribution in [-0.4, -0.2) is 23.6 Å². The molecule has 0 spiro atoms. The van der Waals surface area contributed by atoms with Crippen molar-refractivity contribution in [3.05, 3.63) is 47.5 Å². The number of aryl methyl sites for hydroxylation is 1. The molecule has 1 aliphatic rings. The number of benzene rings is 2. The monoisotopic (exact) mass is 336 g/mol. The summed E-state index contributed by atoms with van der Waals surface area (Å²) >= 11 is 0. The van der Waals surface area contributed by atoms with Crippen molar-refractivity contribution in [2.75, 3.05) is 6.54 Å². The highest BCUT2D eigenvalue weighted by atomic mass is 19.4. The summed E-state index contributed by atoms with van der Waals surface area (Å²) in [6.45, 7) is 5.13. The number of rotatable bonds is 2. The summed E-state index contributed by atoms with van der Waals surface area (Å²) < 4.78 is 41.6. The van der Waals surface area contributed by atoms with Crippen molar-refractivity contribution in [3.63, 3.8) is 0 Å². The number of halogens is 3. The molecular weight excluding hydrogens is 317 g/mol. The Labute approximate surface area is 138 Å². The van der Waals surface area contributed by atoms with Crippen molar-refractivity contribution in [1.82, 2.24) is 10.4 Å². The SMILES string of the molecule is Cc1ccc2cccc(C(N3CC(C)(C)C(=O)N3)C(F)(F)F)c2c1. The van der Waals surface area contributed by atoms with E-state index in [1.54, 1.807) is 32.0 Å². The molecule has 1 heterocycles. The van der Waals surface area contributed by atoms with Crippen LogP contribution in [0.3, 0.4) is 0 Å². The lowest BCUT2D eigenvalue weighted by atomic mass is 9.92. The molecule has 1 unspecified atom stereocenters. The molecule has 3 rings (SSSR count). The summed E-state index contributed by atoms with van der Waals surface area (Å²) in [6.07, 6.45) is -4.51. The zero-order valence-corrected chi connectivity index (χ0v) is 13.7. The molecule has 1 N–H and O–H groups in total. The quantitative estimate of drug-likeness (QED) is 0.894. The van der Waals surface area contributed by atoms with Gasteiger partial charge in [-0.05, 0) is 37.1 Å². The van der Waals surface area contributed by atoms with Crippen LogP contribution in [0.5, 0.6) is 0 Å². The van der Waals surface area contributed by atoms with Gasteiger partial charge in [-0.25, -0.2) is 5.01 Å². The van der Waals surface area contributed by atoms with E-state index in [0.717, 1.165) is 16.0 Å². The maximum Gasteiger partial charge on any atom is 0.409 e. The number of fused-ring (bicyclic) bond motifs is 1. The first kappa shape index (κ1) is 16.8. The van der Waals surface area contributed by atoms with Gasteiger partial charge in [-0.1, -0.05) is 42.0 Å². The molecular formula is C18H19F3N2O. The standard InChI is InChI=1S/C18H19F3N2O/c1-11-7-8-12-5-4-6-13(14(12)9-11)15(18(19,20)21)23-10-17(2,3)16(24)22-23/h4-9,15H,10H2,1-3H3,(H,22,24). The maximum atomic E-state index is 13.9. The van der Waals surface area contributed by atoms with E-state index >= 15 is 0 Å². The van der Waals surface area contributed by atoms with Gasteiger partial charge in [0.05, 0.1) is 5.41 Å². The fourth-order valence-electron chi connectivity index (χ4n) is 3.14. The van der Waals surface area contributed by atoms with Gasteiger partial charge in [0.1, 0.15) is 0 Å². The van der Waals surface area contributed by atoms with E-state index in [-0.39, 0.29) is 12.1 Å². The summed E-state index contributed by atoms with van der Waals surface area (Å²) in [4.78, 5) is 12.0. The Hall–Kier alpha value is -2.08. The van der Waals surface area contributed by atoms with Gasteiger partial charge in [-0.2, -0.15) is 13.2 Å². The Morgan fingerprint density at radius 2 is 1.92 bits per heavy atom. The van der Waals surface area contributed by atoms with Crippen LogP contribution in [0.1, 0.15) is 31.0 Å². The van der Waals surface area contributed by atoms with Crippen molar-refractivity contribution >= 4 is 16.7 Å². The van der Waals surface area contributed by atoms with Crippen LogP contribution in [0, 0.1) is 12.3 Å². The van der Waals surface area contributed by atoms with Crippen LogP contribution in [0.2, 0.25) is 0 Å². The first-order valence-corrected chi connectivity index (χ1v) is 7.73. The van der Waals surface area contributed by atoms with Gasteiger partial charge >= 0.3 is 6.18 Å². The Morgan fingerprint density at radius 3 is 2.50 bits per heavy atom. The molecule has 0 radical (unpaired) electrons. The molecule has 6 heteroatoms. The van der Waals surface area contributed by atoms with Crippen molar-refractivity contribution in [2.45, 2.75) is 33.0 Å². The molecule has 24 heavy (non-hydrogen) atoms. The minimum atomic E-state index is -4.51. The van der Waals surface area contributed by atoms with E-state index in [1.165, 1.54) is 6.07 Å². The predicted molar refractivity (Wildman–Crippen MR) is 86.1 cm³/mol. The number of hydrogen-bond donors (Lipinski definition) is 1. The topological polar surface area (TPSA) is 32.3 Å². The van der Waals surface area contributed by atoms with Crippen LogP contribution in [0.4, 0.5) is 13.2 Å². The van der Waals surface area contributed by atoms with Crippen LogP contribution in [-0.2, 0) is 4.79 Å². The molecule has 0 saturated carbocycles. The van der Waals surface area contributed by atoms with E-state index in [1.807, 2.05) is 19.1 Å². The lowest BCUT2D eigenvalue weighted by Gasteiger charge is -2.30. The minimum Gasteiger partial charge on any atom is -0.287 e. The fourth-order valence-corrected chi connectivity index (χ4v) is 3.14. The molecule has 3 nitrogen and oxygen atoms in total. The van der Waals surface area contributed by atoms with Crippen LogP contribution in [0.25, 0.3) is 10.8 Å². The van der Waals surface area contributed by atoms with Crippen molar-refractivity contribution in [1.29, 1.82) is 0 Å². The van der Waals surface area contributed by atoms with E-state index in [0.29, 0.717) is 5.39 Å². The molecule has 1 fully saturated rings. The third-order valence-electron chi connectivity index (χ3n) is 4.41. The van der Waals surface area contributed by atoms with Crippen LogP contribution >= 0.6 is 0 Å². The number of alkyl halides is 3. The molecule has 1 amide bonds. The molecule has 2 aromatic rings. The summed E-state index contributed by atoms with van der Waals surface area (Å²) in [7, 11) is 0. The maximum absolute atomic E-state index is 13.9. The molecule has 0 bridgehead atoms. The number of carbonyl (C=O) groups excluding carboxylic acids is 1. The lowest BCUT2D eigenvalue weighted by molar-refractivity contribution is -0.191. The van der Waals surface area contributed by atoms with Gasteiger partial charge in [0.15, 0.2) is 6.04 Å². The average Bonchev–Trinajstić information content (AvgIpc) is 2.71. The third kappa shape index (κ3) is 2.86. The van der Waals surface area contributed by atoms with Gasteiger partial charge in [0, 0.05) is 6.54 Å². The molecule has 0 aliphatic carbocycles. The normalized spacial score (nSPS) is 19.5. The third-order valence-corrected chi connectivity index (χ3v) is 4.41. The zero-order chi connectivity index (χ0) is 17.7. The smallest absolute Gasteiger partial charge is 0.287 e. The van der Waals surface area contributed by atoms with Gasteiger partial charge in [-0.3, -0.25) is 10.2 Å². The molecule has 1 aliphatic heterocycles. The molecule has 1 atom stereocenters. The highest BCUT2D eigenvalue weighted by molar-refractivity contribution is 5.87. The highest BCUT2D eigenvalue weighted by Gasteiger charge is 2.51. The number of hydrazine groups is 1. The second kappa shape index (κ2) is 5.48. The number of carbonyl (C=O) groups is 1. The van der Waals surface area contributed by atoms with Crippen molar-refractivity contribution < 1.29 is 18.0 Å². The first-order chi connectivity index (χ1) is 11.1. The highest BCUT2D eigenvalue weighted by Crippen LogP contribution is 2.42. The van der Waals surface area contributed by atoms with E-state index < -0.39 is 23.5 Å². The van der Waals surface area contributed by atoms with Gasteiger partial charge in [0.2, 0.25) is 5.91 Å². The number of hydrogen-bond acceptors (Lipinski definition) is 2. The molecule has 2 aromatic carbocycles. The van der Waals surface area contributed by atoms with E-state index in [9.17, 15) is 18.0 Å². The Kier molecular flexibility index (Phi) is 3.83. The van der Waals surface area contributed by atoms with Crippen molar-refractivity contribution in [2.24, 2.45) is 5.41 Å². The lowest BCUT2D eigenvalue weighted by Crippen LogP contribution is -2.43. The first-order valence-electron chi connectivity index (χ1n) is 7.73. The molecule has 128 valence electrons. The number of nitrogens with zero attached hydrogens (tertiary/aromatic N) is 1. The second-order valence-electron chi connectivity index (χ2n) is 6.97. The molecule has 0 aromatic heterocycles. The summed E-state index contributed by atoms with van der Waals surface area (Å²) in [5.41, 5.74) is 2.59. The fraction of sp³-hybridized carbons (Fsp3) is 0.389. The van der Waals surface area contributed by atoms with Crippen LogP contribution in [0.15, 0.2) is 36.4 Å². The zero-order valence-electron chi connectivity index (χ0n) is 13.7. The van der Waals surface area contributed by atoms with E-state index in [4.69, 9.17) is 0 Å². The van der Waals surface area contributed by atoms with E-state index in [2.05, 4.69) is 5.43 Å². The predicted octanol–water partition coefficient (Wildman–Crippen LogP) is 4.12. The minimum absolute atomic E-state index is 0.00177. The van der Waals surface area contributed by atoms with Gasteiger partial charge in [-0.15, -0.1) is 0 Å². The number of nitrogens with one attached hydrogen (secondary N) is 1. The average molecular weight is 336 g/mol. The summed E-state index contributed by atoms with van der Waals surface area (Å²) in [6, 6.07) is 8.45. The second-order valence-corrected chi connectivity index (χ2v) is 6.97. The Balaban J connectivity index is 2.15. The Morgan fingerprint density at radius 1 is 1.21 bits per heavy atom.